The zero-order valence-electron chi connectivity index (χ0n) is 11.5. The summed E-state index contributed by atoms with van der Waals surface area (Å²) in [6.45, 7) is 1.78. The number of halogens is 3. The molecule has 0 radical (unpaired) electrons. The molecule has 1 aliphatic rings. The van der Waals surface area contributed by atoms with Gasteiger partial charge in [0.25, 0.3) is 0 Å². The zero-order valence-corrected chi connectivity index (χ0v) is 14.7. The van der Waals surface area contributed by atoms with Gasteiger partial charge in [0.15, 0.2) is 0 Å². The van der Waals surface area contributed by atoms with Crippen molar-refractivity contribution >= 4 is 53.3 Å². The van der Waals surface area contributed by atoms with E-state index in [4.69, 9.17) is 23.2 Å². The van der Waals surface area contributed by atoms with Gasteiger partial charge in [-0.3, -0.25) is 4.79 Å². The molecule has 1 amide bonds. The fraction of sp³-hybridized carbons (Fsp3) is 0.500. The Labute approximate surface area is 145 Å². The van der Waals surface area contributed by atoms with Crippen molar-refractivity contribution in [1.29, 1.82) is 0 Å². The molecule has 1 aliphatic heterocycles. The lowest BCUT2D eigenvalue weighted by molar-refractivity contribution is -0.118. The SMILES string of the molecule is Cl.O=C(CSCc1ccc(Cl)cc1Cl)NCC1CCCN1. The molecule has 0 aromatic heterocycles. The first-order valence-electron chi connectivity index (χ1n) is 6.67. The van der Waals surface area contributed by atoms with Crippen LogP contribution in [0.4, 0.5) is 0 Å². The third-order valence-electron chi connectivity index (χ3n) is 3.21. The lowest BCUT2D eigenvalue weighted by Gasteiger charge is -2.11. The average molecular weight is 370 g/mol. The molecule has 1 fully saturated rings. The van der Waals surface area contributed by atoms with Crippen molar-refractivity contribution < 1.29 is 4.79 Å². The molecule has 0 saturated carbocycles. The molecule has 21 heavy (non-hydrogen) atoms. The summed E-state index contributed by atoms with van der Waals surface area (Å²) in [5.74, 6) is 1.24. The van der Waals surface area contributed by atoms with E-state index in [1.165, 1.54) is 6.42 Å². The molecule has 0 spiro atoms. The molecule has 1 aromatic carbocycles. The maximum absolute atomic E-state index is 11.7. The largest absolute Gasteiger partial charge is 0.354 e. The number of thioether (sulfide) groups is 1. The van der Waals surface area contributed by atoms with Gasteiger partial charge in [-0.2, -0.15) is 0 Å². The topological polar surface area (TPSA) is 41.1 Å². The van der Waals surface area contributed by atoms with Crippen molar-refractivity contribution in [2.45, 2.75) is 24.6 Å². The highest BCUT2D eigenvalue weighted by Crippen LogP contribution is 2.24. The molecule has 0 bridgehead atoms. The van der Waals surface area contributed by atoms with Crippen LogP contribution in [0.1, 0.15) is 18.4 Å². The number of benzene rings is 1. The van der Waals surface area contributed by atoms with Gasteiger partial charge >= 0.3 is 0 Å². The van der Waals surface area contributed by atoms with Crippen LogP contribution in [0.25, 0.3) is 0 Å². The predicted octanol–water partition coefficient (Wildman–Crippen LogP) is 3.52. The predicted molar refractivity (Wildman–Crippen MR) is 93.9 cm³/mol. The summed E-state index contributed by atoms with van der Waals surface area (Å²) in [7, 11) is 0. The van der Waals surface area contributed by atoms with Crippen molar-refractivity contribution in [2.24, 2.45) is 0 Å². The Morgan fingerprint density at radius 2 is 2.24 bits per heavy atom. The molecule has 0 aliphatic carbocycles. The summed E-state index contributed by atoms with van der Waals surface area (Å²) in [5.41, 5.74) is 1.01. The highest BCUT2D eigenvalue weighted by molar-refractivity contribution is 7.99. The Morgan fingerprint density at radius 1 is 1.43 bits per heavy atom. The summed E-state index contributed by atoms with van der Waals surface area (Å²) in [6.07, 6.45) is 2.35. The average Bonchev–Trinajstić information content (AvgIpc) is 2.92. The molecule has 1 atom stereocenters. The molecule has 2 rings (SSSR count). The molecule has 7 heteroatoms. The minimum atomic E-state index is 0. The Hall–Kier alpha value is -0.130. The monoisotopic (exact) mass is 368 g/mol. The normalized spacial score (nSPS) is 17.3. The summed E-state index contributed by atoms with van der Waals surface area (Å²) < 4.78 is 0. The number of hydrogen-bond acceptors (Lipinski definition) is 3. The molecule has 1 unspecified atom stereocenters. The first-order valence-corrected chi connectivity index (χ1v) is 8.58. The number of nitrogens with one attached hydrogen (secondary N) is 2. The Bertz CT molecular complexity index is 468. The van der Waals surface area contributed by atoms with E-state index in [1.807, 2.05) is 12.1 Å². The van der Waals surface area contributed by atoms with E-state index in [9.17, 15) is 4.79 Å². The first-order chi connectivity index (χ1) is 9.65. The third-order valence-corrected chi connectivity index (χ3v) is 4.78. The van der Waals surface area contributed by atoms with E-state index in [1.54, 1.807) is 17.8 Å². The highest BCUT2D eigenvalue weighted by atomic mass is 35.5. The fourth-order valence-electron chi connectivity index (χ4n) is 2.11. The van der Waals surface area contributed by atoms with Gasteiger partial charge in [-0.1, -0.05) is 29.3 Å². The van der Waals surface area contributed by atoms with Crippen LogP contribution >= 0.6 is 47.4 Å². The van der Waals surface area contributed by atoms with E-state index in [0.29, 0.717) is 27.6 Å². The van der Waals surface area contributed by atoms with Gasteiger partial charge in [0.2, 0.25) is 5.91 Å². The molecule has 2 N–H and O–H groups in total. The smallest absolute Gasteiger partial charge is 0.230 e. The van der Waals surface area contributed by atoms with Crippen LogP contribution in [0.15, 0.2) is 18.2 Å². The van der Waals surface area contributed by atoms with E-state index in [2.05, 4.69) is 10.6 Å². The standard InChI is InChI=1S/C14H18Cl2N2OS.ClH/c15-11-4-3-10(13(16)6-11)8-20-9-14(19)18-7-12-2-1-5-17-12;/h3-4,6,12,17H,1-2,5,7-9H2,(H,18,19);1H. The maximum Gasteiger partial charge on any atom is 0.230 e. The molecule has 1 saturated heterocycles. The molecule has 1 aromatic rings. The van der Waals surface area contributed by atoms with Gasteiger partial charge in [0.1, 0.15) is 0 Å². The lowest BCUT2D eigenvalue weighted by Crippen LogP contribution is -2.37. The minimum Gasteiger partial charge on any atom is -0.354 e. The van der Waals surface area contributed by atoms with Gasteiger partial charge in [0.05, 0.1) is 5.75 Å². The molecule has 1 heterocycles. The Kier molecular flexibility index (Phi) is 8.83. The van der Waals surface area contributed by atoms with Crippen molar-refractivity contribution in [3.8, 4) is 0 Å². The third kappa shape index (κ3) is 6.66. The van der Waals surface area contributed by atoms with E-state index < -0.39 is 0 Å². The molecular weight excluding hydrogens is 351 g/mol. The maximum atomic E-state index is 11.7. The number of carbonyl (C=O) groups is 1. The second-order valence-electron chi connectivity index (χ2n) is 4.83. The van der Waals surface area contributed by atoms with E-state index in [0.717, 1.165) is 25.1 Å². The van der Waals surface area contributed by atoms with Crippen molar-refractivity contribution in [1.82, 2.24) is 10.6 Å². The number of carbonyl (C=O) groups excluding carboxylic acids is 1. The Balaban J connectivity index is 0.00000220. The zero-order chi connectivity index (χ0) is 14.4. The van der Waals surface area contributed by atoms with Crippen LogP contribution in [0.5, 0.6) is 0 Å². The van der Waals surface area contributed by atoms with E-state index in [-0.39, 0.29) is 18.3 Å². The molecular formula is C14H19Cl3N2OS. The number of hydrogen-bond donors (Lipinski definition) is 2. The van der Waals surface area contributed by atoms with Crippen LogP contribution in [0.2, 0.25) is 10.0 Å². The summed E-state index contributed by atoms with van der Waals surface area (Å²) in [4.78, 5) is 11.7. The lowest BCUT2D eigenvalue weighted by atomic mass is 10.2. The number of amides is 1. The minimum absolute atomic E-state index is 0. The van der Waals surface area contributed by atoms with Gasteiger partial charge in [-0.25, -0.2) is 0 Å². The summed E-state index contributed by atoms with van der Waals surface area (Å²) in [6, 6.07) is 5.88. The Morgan fingerprint density at radius 3 is 2.90 bits per heavy atom. The van der Waals surface area contributed by atoms with E-state index >= 15 is 0 Å². The highest BCUT2D eigenvalue weighted by Gasteiger charge is 2.14. The van der Waals surface area contributed by atoms with Gasteiger partial charge < -0.3 is 10.6 Å². The number of rotatable bonds is 6. The second-order valence-corrected chi connectivity index (χ2v) is 6.66. The van der Waals surface area contributed by atoms with Crippen molar-refractivity contribution in [3.63, 3.8) is 0 Å². The van der Waals surface area contributed by atoms with Gasteiger partial charge in [0, 0.05) is 28.4 Å². The van der Waals surface area contributed by atoms with Crippen LogP contribution < -0.4 is 10.6 Å². The molecule has 3 nitrogen and oxygen atoms in total. The van der Waals surface area contributed by atoms with Crippen LogP contribution in [-0.4, -0.2) is 30.8 Å². The summed E-state index contributed by atoms with van der Waals surface area (Å²) >= 11 is 13.5. The quantitative estimate of drug-likeness (QED) is 0.806. The summed E-state index contributed by atoms with van der Waals surface area (Å²) in [5, 5.41) is 7.60. The van der Waals surface area contributed by atoms with Gasteiger partial charge in [-0.15, -0.1) is 24.2 Å². The van der Waals surface area contributed by atoms with Crippen molar-refractivity contribution in [2.75, 3.05) is 18.8 Å². The van der Waals surface area contributed by atoms with Crippen molar-refractivity contribution in [3.05, 3.63) is 33.8 Å². The first kappa shape index (κ1) is 18.9. The van der Waals surface area contributed by atoms with Crippen LogP contribution in [0.3, 0.4) is 0 Å². The van der Waals surface area contributed by atoms with Crippen LogP contribution in [-0.2, 0) is 10.5 Å². The van der Waals surface area contributed by atoms with Crippen LogP contribution in [0, 0.1) is 0 Å². The second kappa shape index (κ2) is 9.80. The van der Waals surface area contributed by atoms with Gasteiger partial charge in [-0.05, 0) is 37.1 Å². The molecule has 118 valence electrons. The fourth-order valence-corrected chi connectivity index (χ4v) is 3.53.